The van der Waals surface area contributed by atoms with Crippen LogP contribution in [-0.2, 0) is 0 Å². The van der Waals surface area contributed by atoms with Crippen LogP contribution in [0, 0.1) is 13.8 Å². The van der Waals surface area contributed by atoms with Gasteiger partial charge in [-0.15, -0.1) is 0 Å². The molecule has 0 saturated carbocycles. The molecule has 2 atom stereocenters. The largest absolute Gasteiger partial charge is 0.466 e. The topological polar surface area (TPSA) is 43.0 Å². The predicted molar refractivity (Wildman–Crippen MR) is 78.8 cm³/mol. The summed E-state index contributed by atoms with van der Waals surface area (Å²) in [5.41, 5.74) is 2.54. The van der Waals surface area contributed by atoms with Gasteiger partial charge in [0, 0.05) is 17.8 Å². The molecule has 0 amide bonds. The summed E-state index contributed by atoms with van der Waals surface area (Å²) < 4.78 is 7.95. The molecule has 0 aromatic carbocycles. The van der Waals surface area contributed by atoms with Crippen molar-refractivity contribution < 1.29 is 4.42 Å². The van der Waals surface area contributed by atoms with Crippen molar-refractivity contribution in [2.45, 2.75) is 52.1 Å². The summed E-state index contributed by atoms with van der Waals surface area (Å²) in [5, 5.41) is 3.60. The van der Waals surface area contributed by atoms with Crippen molar-refractivity contribution in [3.63, 3.8) is 0 Å². The van der Waals surface area contributed by atoms with E-state index in [0.717, 1.165) is 18.1 Å². The molecule has 108 valence electrons. The van der Waals surface area contributed by atoms with E-state index in [0.29, 0.717) is 6.04 Å². The van der Waals surface area contributed by atoms with Crippen molar-refractivity contribution in [1.82, 2.24) is 14.9 Å². The van der Waals surface area contributed by atoms with Crippen LogP contribution in [0.4, 0.5) is 0 Å². The highest BCUT2D eigenvalue weighted by Gasteiger charge is 2.22. The molecule has 0 bridgehead atoms. The molecule has 20 heavy (non-hydrogen) atoms. The Morgan fingerprint density at radius 2 is 2.25 bits per heavy atom. The molecule has 1 N–H and O–H groups in total. The normalized spacial score (nSPS) is 21.1. The van der Waals surface area contributed by atoms with Crippen LogP contribution in [0.1, 0.15) is 61.0 Å². The zero-order valence-electron chi connectivity index (χ0n) is 12.5. The number of piperidine rings is 1. The number of aryl methyl sites for hydroxylation is 2. The molecule has 1 aliphatic heterocycles. The number of nitrogens with zero attached hydrogens (tertiary/aromatic N) is 2. The molecule has 1 aliphatic rings. The fourth-order valence-electron chi connectivity index (χ4n) is 3.23. The molecule has 4 heteroatoms. The molecule has 1 saturated heterocycles. The quantitative estimate of drug-likeness (QED) is 0.930. The van der Waals surface area contributed by atoms with Crippen LogP contribution in [0.5, 0.6) is 0 Å². The second-order valence-electron chi connectivity index (χ2n) is 5.77. The number of hydrogen-bond acceptors (Lipinski definition) is 3. The number of nitrogens with one attached hydrogen (secondary N) is 1. The van der Waals surface area contributed by atoms with Gasteiger partial charge in [0.25, 0.3) is 0 Å². The average molecular weight is 273 g/mol. The first-order valence-electron chi connectivity index (χ1n) is 7.49. The molecule has 3 heterocycles. The summed E-state index contributed by atoms with van der Waals surface area (Å²) in [6.07, 6.45) is 7.71. The van der Waals surface area contributed by atoms with Crippen LogP contribution in [0.3, 0.4) is 0 Å². The van der Waals surface area contributed by atoms with E-state index in [1.807, 2.05) is 26.4 Å². The standard InChI is InChI=1S/C16H23N3O/c1-11-8-14(13(3)20-11)12(2)19-10-17-9-16(19)15-6-4-5-7-18-15/h8-10,12,15,18H,4-7H2,1-3H3. The van der Waals surface area contributed by atoms with E-state index in [-0.39, 0.29) is 6.04 Å². The Bertz CT molecular complexity index is 578. The maximum atomic E-state index is 5.67. The van der Waals surface area contributed by atoms with Crippen molar-refractivity contribution in [1.29, 1.82) is 0 Å². The summed E-state index contributed by atoms with van der Waals surface area (Å²) >= 11 is 0. The van der Waals surface area contributed by atoms with Crippen LogP contribution < -0.4 is 5.32 Å². The third-order valence-corrected chi connectivity index (χ3v) is 4.31. The minimum atomic E-state index is 0.258. The van der Waals surface area contributed by atoms with Gasteiger partial charge in [-0.3, -0.25) is 0 Å². The molecule has 2 aromatic heterocycles. The number of aromatic nitrogens is 2. The number of rotatable bonds is 3. The number of furan rings is 1. The Labute approximate surface area is 120 Å². The van der Waals surface area contributed by atoms with Crippen LogP contribution in [0.25, 0.3) is 0 Å². The van der Waals surface area contributed by atoms with Gasteiger partial charge in [-0.2, -0.15) is 0 Å². The molecular formula is C16H23N3O. The highest BCUT2D eigenvalue weighted by molar-refractivity contribution is 5.25. The fraction of sp³-hybridized carbons (Fsp3) is 0.562. The molecule has 2 aromatic rings. The smallest absolute Gasteiger partial charge is 0.106 e. The lowest BCUT2D eigenvalue weighted by atomic mass is 10.0. The minimum Gasteiger partial charge on any atom is -0.466 e. The summed E-state index contributed by atoms with van der Waals surface area (Å²) in [4.78, 5) is 4.37. The first-order chi connectivity index (χ1) is 9.66. The number of hydrogen-bond donors (Lipinski definition) is 1. The number of imidazole rings is 1. The Hall–Kier alpha value is -1.55. The van der Waals surface area contributed by atoms with Gasteiger partial charge >= 0.3 is 0 Å². The molecule has 0 spiro atoms. The maximum absolute atomic E-state index is 5.67. The molecule has 3 rings (SSSR count). The molecule has 2 unspecified atom stereocenters. The first-order valence-corrected chi connectivity index (χ1v) is 7.49. The second-order valence-corrected chi connectivity index (χ2v) is 5.77. The van der Waals surface area contributed by atoms with Crippen molar-refractivity contribution in [2.24, 2.45) is 0 Å². The van der Waals surface area contributed by atoms with E-state index < -0.39 is 0 Å². The summed E-state index contributed by atoms with van der Waals surface area (Å²) in [5.74, 6) is 1.98. The van der Waals surface area contributed by atoms with Gasteiger partial charge in [0.05, 0.1) is 18.1 Å². The van der Waals surface area contributed by atoms with E-state index in [9.17, 15) is 0 Å². The van der Waals surface area contributed by atoms with Gasteiger partial charge in [0.1, 0.15) is 11.5 Å². The van der Waals surface area contributed by atoms with Gasteiger partial charge in [0.2, 0.25) is 0 Å². The highest BCUT2D eigenvalue weighted by atomic mass is 16.3. The van der Waals surface area contributed by atoms with Gasteiger partial charge in [-0.25, -0.2) is 4.98 Å². The maximum Gasteiger partial charge on any atom is 0.106 e. The molecule has 0 aliphatic carbocycles. The summed E-state index contributed by atoms with van der Waals surface area (Å²) in [7, 11) is 0. The van der Waals surface area contributed by atoms with Gasteiger partial charge < -0.3 is 14.3 Å². The Kier molecular flexibility index (Phi) is 3.66. The Balaban J connectivity index is 1.90. The van der Waals surface area contributed by atoms with E-state index in [1.165, 1.54) is 30.5 Å². The van der Waals surface area contributed by atoms with Gasteiger partial charge in [-0.05, 0) is 46.2 Å². The van der Waals surface area contributed by atoms with E-state index in [1.54, 1.807) is 0 Å². The van der Waals surface area contributed by atoms with Crippen molar-refractivity contribution in [3.05, 3.63) is 41.4 Å². The van der Waals surface area contributed by atoms with Crippen molar-refractivity contribution in [3.8, 4) is 0 Å². The highest BCUT2D eigenvalue weighted by Crippen LogP contribution is 2.29. The monoisotopic (exact) mass is 273 g/mol. The molecular weight excluding hydrogens is 250 g/mol. The van der Waals surface area contributed by atoms with Crippen LogP contribution in [0.2, 0.25) is 0 Å². The van der Waals surface area contributed by atoms with Crippen molar-refractivity contribution in [2.75, 3.05) is 6.54 Å². The van der Waals surface area contributed by atoms with Crippen LogP contribution in [0.15, 0.2) is 23.0 Å². The lowest BCUT2D eigenvalue weighted by Gasteiger charge is -2.26. The predicted octanol–water partition coefficient (Wildman–Crippen LogP) is 3.52. The second kappa shape index (κ2) is 5.44. The third kappa shape index (κ3) is 2.40. The van der Waals surface area contributed by atoms with Gasteiger partial charge in [-0.1, -0.05) is 6.42 Å². The average Bonchev–Trinajstić information content (AvgIpc) is 3.05. The third-order valence-electron chi connectivity index (χ3n) is 4.31. The SMILES string of the molecule is Cc1cc(C(C)n2cncc2C2CCCCN2)c(C)o1. The van der Waals surface area contributed by atoms with Crippen molar-refractivity contribution >= 4 is 0 Å². The summed E-state index contributed by atoms with van der Waals surface area (Å²) in [6, 6.07) is 2.83. The Morgan fingerprint density at radius 3 is 2.90 bits per heavy atom. The molecule has 0 radical (unpaired) electrons. The first kappa shape index (κ1) is 13.4. The summed E-state index contributed by atoms with van der Waals surface area (Å²) in [6.45, 7) is 7.36. The fourth-order valence-corrected chi connectivity index (χ4v) is 3.23. The Morgan fingerprint density at radius 1 is 1.40 bits per heavy atom. The zero-order valence-corrected chi connectivity index (χ0v) is 12.5. The van der Waals surface area contributed by atoms with E-state index >= 15 is 0 Å². The van der Waals surface area contributed by atoms with E-state index in [4.69, 9.17) is 4.42 Å². The molecule has 1 fully saturated rings. The zero-order chi connectivity index (χ0) is 14.1. The lowest BCUT2D eigenvalue weighted by Crippen LogP contribution is -2.29. The van der Waals surface area contributed by atoms with Gasteiger partial charge in [0.15, 0.2) is 0 Å². The van der Waals surface area contributed by atoms with E-state index in [2.05, 4.69) is 27.9 Å². The minimum absolute atomic E-state index is 0.258. The van der Waals surface area contributed by atoms with Crippen LogP contribution >= 0.6 is 0 Å². The lowest BCUT2D eigenvalue weighted by molar-refractivity contribution is 0.388. The molecule has 4 nitrogen and oxygen atoms in total. The van der Waals surface area contributed by atoms with Crippen LogP contribution in [-0.4, -0.2) is 16.1 Å².